The van der Waals surface area contributed by atoms with E-state index in [1.807, 2.05) is 20.8 Å². The quantitative estimate of drug-likeness (QED) is 0.610. The fraction of sp³-hybridized carbons (Fsp3) is 0.909. The summed E-state index contributed by atoms with van der Waals surface area (Å²) in [5.41, 5.74) is 5.78. The van der Waals surface area contributed by atoms with Crippen molar-refractivity contribution in [3.8, 4) is 0 Å². The first-order valence-corrected chi connectivity index (χ1v) is 5.62. The zero-order valence-corrected chi connectivity index (χ0v) is 10.2. The smallest absolute Gasteiger partial charge is 0.237 e. The molecule has 0 heterocycles. The lowest BCUT2D eigenvalue weighted by Crippen LogP contribution is -2.48. The van der Waals surface area contributed by atoms with Gasteiger partial charge in [-0.3, -0.25) is 4.79 Å². The largest absolute Gasteiger partial charge is 0.393 e. The van der Waals surface area contributed by atoms with E-state index in [-0.39, 0.29) is 17.9 Å². The Kier molecular flexibility index (Phi) is 6.52. The Balaban J connectivity index is 4.01. The minimum absolute atomic E-state index is 0.0346. The van der Waals surface area contributed by atoms with Gasteiger partial charge in [0.15, 0.2) is 0 Å². The number of amides is 1. The molecule has 4 heteroatoms. The molecule has 4 atom stereocenters. The molecule has 0 fully saturated rings. The molecule has 0 bridgehead atoms. The topological polar surface area (TPSA) is 75.4 Å². The van der Waals surface area contributed by atoms with Crippen LogP contribution in [-0.2, 0) is 4.79 Å². The van der Waals surface area contributed by atoms with Crippen LogP contribution in [0.5, 0.6) is 0 Å². The van der Waals surface area contributed by atoms with Crippen LogP contribution in [0.4, 0.5) is 0 Å². The van der Waals surface area contributed by atoms with Crippen LogP contribution in [0.2, 0.25) is 0 Å². The van der Waals surface area contributed by atoms with Gasteiger partial charge in [0.05, 0.1) is 12.1 Å². The van der Waals surface area contributed by atoms with Crippen molar-refractivity contribution in [2.75, 3.05) is 0 Å². The van der Waals surface area contributed by atoms with Gasteiger partial charge in [0, 0.05) is 6.04 Å². The third kappa shape index (κ3) is 5.74. The number of rotatable bonds is 6. The van der Waals surface area contributed by atoms with E-state index in [4.69, 9.17) is 10.8 Å². The normalized spacial score (nSPS) is 19.1. The van der Waals surface area contributed by atoms with Gasteiger partial charge in [-0.15, -0.1) is 0 Å². The fourth-order valence-electron chi connectivity index (χ4n) is 1.42. The molecule has 0 aromatic carbocycles. The fourth-order valence-corrected chi connectivity index (χ4v) is 1.42. The molecule has 0 saturated carbocycles. The van der Waals surface area contributed by atoms with Gasteiger partial charge in [-0.05, 0) is 26.2 Å². The lowest BCUT2D eigenvalue weighted by molar-refractivity contribution is -0.124. The number of nitrogens with two attached hydrogens (primary N) is 1. The summed E-state index contributed by atoms with van der Waals surface area (Å²) in [5.74, 6) is 0.0567. The Bertz CT molecular complexity index is 195. The highest BCUT2D eigenvalue weighted by Gasteiger charge is 2.20. The van der Waals surface area contributed by atoms with E-state index in [1.54, 1.807) is 6.92 Å². The molecule has 0 aromatic heterocycles. The van der Waals surface area contributed by atoms with E-state index in [9.17, 15) is 4.79 Å². The van der Waals surface area contributed by atoms with Crippen LogP contribution in [0.15, 0.2) is 0 Å². The van der Waals surface area contributed by atoms with E-state index < -0.39 is 12.1 Å². The molecule has 0 spiro atoms. The first-order valence-electron chi connectivity index (χ1n) is 5.62. The van der Waals surface area contributed by atoms with Crippen molar-refractivity contribution >= 4 is 5.91 Å². The van der Waals surface area contributed by atoms with Gasteiger partial charge in [-0.25, -0.2) is 0 Å². The van der Waals surface area contributed by atoms with Crippen molar-refractivity contribution in [3.05, 3.63) is 0 Å². The van der Waals surface area contributed by atoms with Crippen LogP contribution in [0.25, 0.3) is 0 Å². The predicted octanol–water partition coefficient (Wildman–Crippen LogP) is 0.635. The number of carbonyl (C=O) groups excluding carboxylic acids is 1. The standard InChI is InChI=1S/C11H24N2O2/c1-5-7(2)10(12)11(15)13-8(3)6-9(4)14/h7-10,14H,5-6,12H2,1-4H3,(H,13,15). The van der Waals surface area contributed by atoms with Gasteiger partial charge in [0.2, 0.25) is 5.91 Å². The molecule has 0 rings (SSSR count). The average Bonchev–Trinajstić information content (AvgIpc) is 2.13. The lowest BCUT2D eigenvalue weighted by atomic mass is 9.99. The highest BCUT2D eigenvalue weighted by molar-refractivity contribution is 5.82. The molecule has 1 amide bonds. The van der Waals surface area contributed by atoms with Crippen LogP contribution in [0, 0.1) is 5.92 Å². The molecule has 15 heavy (non-hydrogen) atoms. The summed E-state index contributed by atoms with van der Waals surface area (Å²) in [6.45, 7) is 7.55. The molecule has 90 valence electrons. The summed E-state index contributed by atoms with van der Waals surface area (Å²) < 4.78 is 0. The summed E-state index contributed by atoms with van der Waals surface area (Å²) in [6.07, 6.45) is 1.04. The molecule has 0 aliphatic rings. The molecule has 0 saturated heterocycles. The molecule has 4 N–H and O–H groups in total. The summed E-state index contributed by atoms with van der Waals surface area (Å²) >= 11 is 0. The minimum atomic E-state index is -0.452. The number of carbonyl (C=O) groups is 1. The Morgan fingerprint density at radius 3 is 2.33 bits per heavy atom. The number of nitrogens with one attached hydrogen (secondary N) is 1. The Morgan fingerprint density at radius 2 is 1.93 bits per heavy atom. The van der Waals surface area contributed by atoms with E-state index >= 15 is 0 Å². The third-order valence-electron chi connectivity index (χ3n) is 2.64. The number of aliphatic hydroxyl groups excluding tert-OH is 1. The van der Waals surface area contributed by atoms with Gasteiger partial charge < -0.3 is 16.2 Å². The second-order valence-corrected chi connectivity index (χ2v) is 4.41. The second kappa shape index (κ2) is 6.80. The van der Waals surface area contributed by atoms with Crippen LogP contribution in [0.3, 0.4) is 0 Å². The van der Waals surface area contributed by atoms with Crippen LogP contribution in [0.1, 0.15) is 40.5 Å². The second-order valence-electron chi connectivity index (χ2n) is 4.41. The monoisotopic (exact) mass is 216 g/mol. The maximum atomic E-state index is 11.6. The zero-order chi connectivity index (χ0) is 12.0. The SMILES string of the molecule is CCC(C)C(N)C(=O)NC(C)CC(C)O. The van der Waals surface area contributed by atoms with Crippen molar-refractivity contribution in [1.29, 1.82) is 0 Å². The van der Waals surface area contributed by atoms with E-state index in [1.165, 1.54) is 0 Å². The van der Waals surface area contributed by atoms with Gasteiger partial charge in [0.25, 0.3) is 0 Å². The molecule has 4 unspecified atom stereocenters. The van der Waals surface area contributed by atoms with E-state index in [2.05, 4.69) is 5.32 Å². The molecule has 0 aromatic rings. The highest BCUT2D eigenvalue weighted by atomic mass is 16.3. The highest BCUT2D eigenvalue weighted by Crippen LogP contribution is 2.06. The molecule has 4 nitrogen and oxygen atoms in total. The van der Waals surface area contributed by atoms with Crippen molar-refractivity contribution in [2.45, 2.75) is 58.7 Å². The summed E-state index contributed by atoms with van der Waals surface area (Å²) in [5, 5.41) is 11.9. The number of hydrogen-bond acceptors (Lipinski definition) is 3. The van der Waals surface area contributed by atoms with Crippen molar-refractivity contribution in [3.63, 3.8) is 0 Å². The van der Waals surface area contributed by atoms with Crippen LogP contribution in [-0.4, -0.2) is 29.2 Å². The first kappa shape index (κ1) is 14.4. The zero-order valence-electron chi connectivity index (χ0n) is 10.2. The maximum Gasteiger partial charge on any atom is 0.237 e. The van der Waals surface area contributed by atoms with Crippen LogP contribution < -0.4 is 11.1 Å². The number of aliphatic hydroxyl groups is 1. The van der Waals surface area contributed by atoms with Crippen molar-refractivity contribution in [1.82, 2.24) is 5.32 Å². The molecular formula is C11H24N2O2. The average molecular weight is 216 g/mol. The number of hydrogen-bond donors (Lipinski definition) is 3. The van der Waals surface area contributed by atoms with Gasteiger partial charge >= 0.3 is 0 Å². The lowest BCUT2D eigenvalue weighted by Gasteiger charge is -2.21. The molecule has 0 aliphatic carbocycles. The molecule has 0 radical (unpaired) electrons. The third-order valence-corrected chi connectivity index (χ3v) is 2.64. The summed E-state index contributed by atoms with van der Waals surface area (Å²) in [4.78, 5) is 11.6. The van der Waals surface area contributed by atoms with E-state index in [0.717, 1.165) is 6.42 Å². The van der Waals surface area contributed by atoms with Crippen LogP contribution >= 0.6 is 0 Å². The molecule has 0 aliphatic heterocycles. The van der Waals surface area contributed by atoms with Gasteiger partial charge in [0.1, 0.15) is 0 Å². The van der Waals surface area contributed by atoms with E-state index in [0.29, 0.717) is 6.42 Å². The minimum Gasteiger partial charge on any atom is -0.393 e. The summed E-state index contributed by atoms with van der Waals surface area (Å²) in [7, 11) is 0. The predicted molar refractivity (Wildman–Crippen MR) is 61.3 cm³/mol. The Labute approximate surface area is 92.2 Å². The van der Waals surface area contributed by atoms with Gasteiger partial charge in [-0.2, -0.15) is 0 Å². The first-order chi connectivity index (χ1) is 6.88. The Hall–Kier alpha value is -0.610. The summed E-state index contributed by atoms with van der Waals surface area (Å²) in [6, 6.07) is -0.487. The maximum absolute atomic E-state index is 11.6. The van der Waals surface area contributed by atoms with Gasteiger partial charge in [-0.1, -0.05) is 20.3 Å². The Morgan fingerprint density at radius 1 is 1.40 bits per heavy atom. The molecular weight excluding hydrogens is 192 g/mol. The van der Waals surface area contributed by atoms with Crippen molar-refractivity contribution in [2.24, 2.45) is 11.7 Å². The van der Waals surface area contributed by atoms with Crippen molar-refractivity contribution < 1.29 is 9.90 Å².